The van der Waals surface area contributed by atoms with Crippen molar-refractivity contribution >= 4 is 11.8 Å². The van der Waals surface area contributed by atoms with Crippen LogP contribution in [0.5, 0.6) is 0 Å². The van der Waals surface area contributed by atoms with Crippen molar-refractivity contribution in [2.24, 2.45) is 28.6 Å². The minimum atomic E-state index is -0.812. The van der Waals surface area contributed by atoms with Crippen LogP contribution in [0.2, 0.25) is 0 Å². The van der Waals surface area contributed by atoms with Crippen molar-refractivity contribution < 1.29 is 19.8 Å². The highest BCUT2D eigenvalue weighted by atomic mass is 16.4. The Balaban J connectivity index is 1.86. The maximum atomic E-state index is 12.6. The van der Waals surface area contributed by atoms with E-state index < -0.39 is 11.4 Å². The quantitative estimate of drug-likeness (QED) is 0.840. The van der Waals surface area contributed by atoms with Gasteiger partial charge in [0.25, 0.3) is 0 Å². The van der Waals surface area contributed by atoms with Crippen molar-refractivity contribution in [2.75, 3.05) is 0 Å². The molecule has 3 fully saturated rings. The number of hydrogen-bond acceptors (Lipinski definition) is 3. The molecule has 0 bridgehead atoms. The molecule has 0 saturated heterocycles. The minimum absolute atomic E-state index is 0.00919. The van der Waals surface area contributed by atoms with Gasteiger partial charge in [0.15, 0.2) is 0 Å². The van der Waals surface area contributed by atoms with E-state index >= 15 is 0 Å². The monoisotopic (exact) mass is 308 g/mol. The molecule has 3 aliphatic carbocycles. The van der Waals surface area contributed by atoms with Crippen molar-refractivity contribution in [1.29, 1.82) is 0 Å². The number of carbonyl (C=O) groups is 2. The molecule has 0 radical (unpaired) electrons. The average Bonchev–Trinajstić information content (AvgIpc) is 2.77. The summed E-state index contributed by atoms with van der Waals surface area (Å²) in [6.07, 6.45) is 5.71. The Kier molecular flexibility index (Phi) is 3.87. The molecule has 2 N–H and O–H groups in total. The Morgan fingerprint density at radius 1 is 1.18 bits per heavy atom. The number of carboxylic acid groups (broad SMARTS) is 1. The van der Waals surface area contributed by atoms with Crippen molar-refractivity contribution in [3.8, 4) is 0 Å². The van der Waals surface area contributed by atoms with Crippen LogP contribution >= 0.6 is 0 Å². The van der Waals surface area contributed by atoms with Crippen molar-refractivity contribution in [3.05, 3.63) is 0 Å². The number of aliphatic hydroxyl groups is 1. The highest BCUT2D eigenvalue weighted by molar-refractivity contribution is 5.86. The molecule has 3 rings (SSSR count). The Labute approximate surface area is 132 Å². The molecule has 4 heteroatoms. The van der Waals surface area contributed by atoms with E-state index in [4.69, 9.17) is 5.11 Å². The van der Waals surface area contributed by atoms with Crippen LogP contribution in [0.15, 0.2) is 0 Å². The number of aliphatic carboxylic acids is 1. The molecule has 0 aliphatic heterocycles. The van der Waals surface area contributed by atoms with Crippen LogP contribution in [0.4, 0.5) is 0 Å². The summed E-state index contributed by atoms with van der Waals surface area (Å²) in [6, 6.07) is 0. The van der Waals surface area contributed by atoms with E-state index in [1.165, 1.54) is 0 Å². The molecule has 0 aromatic heterocycles. The zero-order chi connectivity index (χ0) is 16.1. The first kappa shape index (κ1) is 16.0. The van der Waals surface area contributed by atoms with Crippen molar-refractivity contribution in [3.63, 3.8) is 0 Å². The average molecular weight is 308 g/mol. The molecule has 0 amide bonds. The van der Waals surface area contributed by atoms with E-state index in [9.17, 15) is 14.7 Å². The Hall–Kier alpha value is -0.900. The molecule has 4 nitrogen and oxygen atoms in total. The number of aliphatic hydroxyl groups excluding tert-OH is 1. The standard InChI is InChI=1S/C18H28O4/c1-17-9-7-13-11(12(17)4-6-15(17)20)3-5-14(19)18(13,2)10-8-16(21)22/h11-13,15,20H,3-10H2,1-2H3,(H,21,22)/t11-,12-,13-,15-,17-,18+/m1/s1. The SMILES string of the molecule is C[C@@]12CC[C@@H]3[C@H](CCC(=O)[C@@]3(C)CCC(=O)O)[C@H]1CC[C@H]2O. The van der Waals surface area contributed by atoms with Crippen LogP contribution < -0.4 is 0 Å². The lowest BCUT2D eigenvalue weighted by Crippen LogP contribution is -2.53. The van der Waals surface area contributed by atoms with Crippen LogP contribution in [0, 0.1) is 28.6 Å². The number of carbonyl (C=O) groups excluding carboxylic acids is 1. The smallest absolute Gasteiger partial charge is 0.303 e. The topological polar surface area (TPSA) is 74.6 Å². The van der Waals surface area contributed by atoms with Crippen LogP contribution in [-0.4, -0.2) is 28.1 Å². The van der Waals surface area contributed by atoms with Gasteiger partial charge in [0.05, 0.1) is 6.10 Å². The van der Waals surface area contributed by atoms with E-state index in [1.54, 1.807) is 0 Å². The first-order valence-corrected chi connectivity index (χ1v) is 8.72. The van der Waals surface area contributed by atoms with E-state index in [0.717, 1.165) is 32.1 Å². The van der Waals surface area contributed by atoms with Gasteiger partial charge in [-0.3, -0.25) is 9.59 Å². The second-order valence-electron chi connectivity index (χ2n) is 8.29. The fourth-order valence-corrected chi connectivity index (χ4v) is 5.94. The Morgan fingerprint density at radius 2 is 1.91 bits per heavy atom. The second kappa shape index (κ2) is 5.33. The predicted octanol–water partition coefficient (Wildman–Crippen LogP) is 3.02. The van der Waals surface area contributed by atoms with Gasteiger partial charge in [0, 0.05) is 18.3 Å². The van der Waals surface area contributed by atoms with Crippen LogP contribution in [0.3, 0.4) is 0 Å². The van der Waals surface area contributed by atoms with Crippen molar-refractivity contribution in [2.45, 2.75) is 71.3 Å². The van der Waals surface area contributed by atoms with Gasteiger partial charge in [0.1, 0.15) is 5.78 Å². The fourth-order valence-electron chi connectivity index (χ4n) is 5.94. The van der Waals surface area contributed by atoms with Gasteiger partial charge in [-0.1, -0.05) is 13.8 Å². The molecule has 3 saturated carbocycles. The number of hydrogen-bond donors (Lipinski definition) is 2. The zero-order valence-electron chi connectivity index (χ0n) is 13.7. The molecule has 0 spiro atoms. The number of ketones is 1. The maximum Gasteiger partial charge on any atom is 0.303 e. The summed E-state index contributed by atoms with van der Waals surface area (Å²) in [7, 11) is 0. The summed E-state index contributed by atoms with van der Waals surface area (Å²) in [5.74, 6) is 0.729. The summed E-state index contributed by atoms with van der Waals surface area (Å²) < 4.78 is 0. The third kappa shape index (κ3) is 2.22. The van der Waals surface area contributed by atoms with Gasteiger partial charge < -0.3 is 10.2 Å². The molecule has 22 heavy (non-hydrogen) atoms. The molecule has 0 unspecified atom stereocenters. The maximum absolute atomic E-state index is 12.6. The normalized spacial score (nSPS) is 47.9. The lowest BCUT2D eigenvalue weighted by Gasteiger charge is -2.55. The zero-order valence-corrected chi connectivity index (χ0v) is 13.7. The van der Waals surface area contributed by atoms with Crippen molar-refractivity contribution in [1.82, 2.24) is 0 Å². The minimum Gasteiger partial charge on any atom is -0.481 e. The van der Waals surface area contributed by atoms with Gasteiger partial charge in [-0.15, -0.1) is 0 Å². The number of rotatable bonds is 3. The third-order valence-electron chi connectivity index (χ3n) is 7.41. The van der Waals surface area contributed by atoms with Gasteiger partial charge in [-0.05, 0) is 61.7 Å². The summed E-state index contributed by atoms with van der Waals surface area (Å²) in [5, 5.41) is 19.4. The molecular weight excluding hydrogens is 280 g/mol. The van der Waals surface area contributed by atoms with Gasteiger partial charge in [-0.2, -0.15) is 0 Å². The molecule has 124 valence electrons. The fraction of sp³-hybridized carbons (Fsp3) is 0.889. The highest BCUT2D eigenvalue weighted by Crippen LogP contribution is 2.62. The molecule has 6 atom stereocenters. The van der Waals surface area contributed by atoms with Gasteiger partial charge >= 0.3 is 5.97 Å². The van der Waals surface area contributed by atoms with Crippen LogP contribution in [0.25, 0.3) is 0 Å². The molecule has 0 aromatic rings. The Bertz CT molecular complexity index is 487. The number of fused-ring (bicyclic) bond motifs is 3. The first-order chi connectivity index (χ1) is 10.3. The summed E-state index contributed by atoms with van der Waals surface area (Å²) in [4.78, 5) is 23.6. The largest absolute Gasteiger partial charge is 0.481 e. The molecule has 0 heterocycles. The predicted molar refractivity (Wildman–Crippen MR) is 82.3 cm³/mol. The lowest BCUT2D eigenvalue weighted by molar-refractivity contribution is -0.149. The second-order valence-corrected chi connectivity index (χ2v) is 8.29. The van der Waals surface area contributed by atoms with E-state index in [0.29, 0.717) is 30.6 Å². The van der Waals surface area contributed by atoms with E-state index in [1.807, 2.05) is 6.92 Å². The van der Waals surface area contributed by atoms with Crippen LogP contribution in [-0.2, 0) is 9.59 Å². The first-order valence-electron chi connectivity index (χ1n) is 8.72. The van der Waals surface area contributed by atoms with Crippen LogP contribution in [0.1, 0.15) is 65.2 Å². The summed E-state index contributed by atoms with van der Waals surface area (Å²) >= 11 is 0. The summed E-state index contributed by atoms with van der Waals surface area (Å²) in [5.41, 5.74) is -0.467. The highest BCUT2D eigenvalue weighted by Gasteiger charge is 2.59. The number of carboxylic acids is 1. The summed E-state index contributed by atoms with van der Waals surface area (Å²) in [6.45, 7) is 4.22. The molecular formula is C18H28O4. The van der Waals surface area contributed by atoms with Gasteiger partial charge in [0.2, 0.25) is 0 Å². The van der Waals surface area contributed by atoms with E-state index in [-0.39, 0.29) is 23.7 Å². The molecule has 3 aliphatic rings. The number of Topliss-reactive ketones (excluding diaryl/α,β-unsaturated/α-hetero) is 1. The van der Waals surface area contributed by atoms with Gasteiger partial charge in [-0.25, -0.2) is 0 Å². The molecule has 0 aromatic carbocycles. The Morgan fingerprint density at radius 3 is 2.59 bits per heavy atom. The van der Waals surface area contributed by atoms with E-state index in [2.05, 4.69) is 6.92 Å². The lowest BCUT2D eigenvalue weighted by atomic mass is 9.49. The third-order valence-corrected chi connectivity index (χ3v) is 7.41.